The lowest BCUT2D eigenvalue weighted by molar-refractivity contribution is -0.120. The predicted octanol–water partition coefficient (Wildman–Crippen LogP) is 4.24. The third-order valence-corrected chi connectivity index (χ3v) is 4.29. The number of aryl methyl sites for hydroxylation is 1. The van der Waals surface area contributed by atoms with Crippen LogP contribution in [0.25, 0.3) is 10.9 Å². The Morgan fingerprint density at radius 3 is 2.87 bits per heavy atom. The summed E-state index contributed by atoms with van der Waals surface area (Å²) in [6.07, 6.45) is 0.225. The second-order valence-corrected chi connectivity index (χ2v) is 6.42. The normalized spacial score (nSPS) is 10.9. The molecule has 2 aromatic carbocycles. The molecule has 0 aliphatic rings. The third kappa shape index (κ3) is 3.62. The fraction of sp³-hybridized carbons (Fsp3) is 0.167. The predicted molar refractivity (Wildman–Crippen MR) is 92.7 cm³/mol. The zero-order chi connectivity index (χ0) is 16.4. The fourth-order valence-corrected chi connectivity index (χ4v) is 3.10. The molecule has 3 rings (SSSR count). The van der Waals surface area contributed by atoms with Gasteiger partial charge in [-0.05, 0) is 48.4 Å². The van der Waals surface area contributed by atoms with Gasteiger partial charge in [-0.15, -0.1) is 0 Å². The van der Waals surface area contributed by atoms with Gasteiger partial charge in [0.1, 0.15) is 5.82 Å². The monoisotopic (exact) mass is 374 g/mol. The van der Waals surface area contributed by atoms with Crippen LogP contribution in [0.2, 0.25) is 0 Å². The number of amides is 1. The largest absolute Gasteiger partial charge is 0.358 e. The molecule has 0 bridgehead atoms. The second-order valence-electron chi connectivity index (χ2n) is 5.50. The number of benzene rings is 2. The van der Waals surface area contributed by atoms with Crippen LogP contribution in [0.3, 0.4) is 0 Å². The third-order valence-electron chi connectivity index (χ3n) is 3.80. The van der Waals surface area contributed by atoms with Crippen molar-refractivity contribution in [3.63, 3.8) is 0 Å². The number of fused-ring (bicyclic) bond motifs is 1. The quantitative estimate of drug-likeness (QED) is 0.704. The van der Waals surface area contributed by atoms with Crippen LogP contribution in [-0.2, 0) is 17.8 Å². The van der Waals surface area contributed by atoms with Gasteiger partial charge < -0.3 is 10.3 Å². The van der Waals surface area contributed by atoms with E-state index in [0.717, 1.165) is 32.2 Å². The van der Waals surface area contributed by atoms with Crippen LogP contribution in [0.5, 0.6) is 0 Å². The zero-order valence-corrected chi connectivity index (χ0v) is 14.2. The van der Waals surface area contributed by atoms with E-state index in [1.54, 1.807) is 6.07 Å². The van der Waals surface area contributed by atoms with Gasteiger partial charge >= 0.3 is 0 Å². The highest BCUT2D eigenvalue weighted by Gasteiger charge is 2.13. The number of H-pyrrole nitrogens is 1. The van der Waals surface area contributed by atoms with Crippen molar-refractivity contribution in [1.82, 2.24) is 10.3 Å². The van der Waals surface area contributed by atoms with Gasteiger partial charge in [-0.3, -0.25) is 4.79 Å². The van der Waals surface area contributed by atoms with Crippen molar-refractivity contribution in [2.24, 2.45) is 0 Å². The summed E-state index contributed by atoms with van der Waals surface area (Å²) in [4.78, 5) is 15.4. The second kappa shape index (κ2) is 6.54. The molecule has 3 nitrogen and oxygen atoms in total. The van der Waals surface area contributed by atoms with E-state index >= 15 is 0 Å². The Balaban J connectivity index is 1.73. The van der Waals surface area contributed by atoms with E-state index in [4.69, 9.17) is 0 Å². The molecule has 118 valence electrons. The van der Waals surface area contributed by atoms with E-state index < -0.39 is 0 Å². The summed E-state index contributed by atoms with van der Waals surface area (Å²) in [5, 5.41) is 3.67. The van der Waals surface area contributed by atoms with Crippen LogP contribution in [0.4, 0.5) is 4.39 Å². The molecule has 23 heavy (non-hydrogen) atoms. The number of halogens is 2. The van der Waals surface area contributed by atoms with E-state index in [9.17, 15) is 9.18 Å². The maximum absolute atomic E-state index is 13.5. The van der Waals surface area contributed by atoms with E-state index in [0.29, 0.717) is 6.54 Å². The summed E-state index contributed by atoms with van der Waals surface area (Å²) in [5.41, 5.74) is 3.60. The molecule has 1 heterocycles. The fourth-order valence-electron chi connectivity index (χ4n) is 2.65. The molecule has 0 saturated heterocycles. The van der Waals surface area contributed by atoms with Gasteiger partial charge in [0.15, 0.2) is 0 Å². The van der Waals surface area contributed by atoms with E-state index in [-0.39, 0.29) is 18.1 Å². The van der Waals surface area contributed by atoms with E-state index in [1.807, 2.05) is 31.2 Å². The Labute approximate surface area is 142 Å². The minimum Gasteiger partial charge on any atom is -0.358 e. The molecule has 0 unspecified atom stereocenters. The van der Waals surface area contributed by atoms with Gasteiger partial charge in [0, 0.05) is 27.6 Å². The zero-order valence-electron chi connectivity index (χ0n) is 12.6. The first-order chi connectivity index (χ1) is 11.0. The smallest absolute Gasteiger partial charge is 0.224 e. The molecule has 3 aromatic rings. The topological polar surface area (TPSA) is 44.9 Å². The van der Waals surface area contributed by atoms with Crippen molar-refractivity contribution < 1.29 is 9.18 Å². The van der Waals surface area contributed by atoms with Crippen molar-refractivity contribution in [2.45, 2.75) is 19.9 Å². The highest BCUT2D eigenvalue weighted by molar-refractivity contribution is 9.10. The first-order valence-electron chi connectivity index (χ1n) is 7.31. The standard InChI is InChI=1S/C18H16BrFN2O/c1-11-15(16-8-14(20)5-6-17(16)22-11)9-18(23)21-10-12-3-2-4-13(19)7-12/h2-8,22H,9-10H2,1H3,(H,21,23). The van der Waals surface area contributed by atoms with Crippen molar-refractivity contribution in [3.8, 4) is 0 Å². The van der Waals surface area contributed by atoms with Crippen LogP contribution in [0.1, 0.15) is 16.8 Å². The Morgan fingerprint density at radius 2 is 2.09 bits per heavy atom. The summed E-state index contributed by atoms with van der Waals surface area (Å²) in [5.74, 6) is -0.384. The number of hydrogen-bond donors (Lipinski definition) is 2. The average molecular weight is 375 g/mol. The molecule has 0 saturated carbocycles. The molecule has 2 N–H and O–H groups in total. The Morgan fingerprint density at radius 1 is 1.26 bits per heavy atom. The number of rotatable bonds is 4. The number of aromatic amines is 1. The molecule has 0 aliphatic heterocycles. The van der Waals surface area contributed by atoms with Gasteiger partial charge in [0.25, 0.3) is 0 Å². The molecule has 0 radical (unpaired) electrons. The SMILES string of the molecule is Cc1[nH]c2ccc(F)cc2c1CC(=O)NCc1cccc(Br)c1. The molecule has 1 aromatic heterocycles. The van der Waals surface area contributed by atoms with Crippen LogP contribution >= 0.6 is 15.9 Å². The van der Waals surface area contributed by atoms with E-state index in [1.165, 1.54) is 12.1 Å². The lowest BCUT2D eigenvalue weighted by Gasteiger charge is -2.06. The van der Waals surface area contributed by atoms with Crippen molar-refractivity contribution in [3.05, 3.63) is 69.6 Å². The van der Waals surface area contributed by atoms with Crippen LogP contribution in [0.15, 0.2) is 46.9 Å². The Hall–Kier alpha value is -2.14. The highest BCUT2D eigenvalue weighted by atomic mass is 79.9. The summed E-state index contributed by atoms with van der Waals surface area (Å²) >= 11 is 3.41. The van der Waals surface area contributed by atoms with Crippen molar-refractivity contribution >= 4 is 32.7 Å². The highest BCUT2D eigenvalue weighted by Crippen LogP contribution is 2.23. The summed E-state index contributed by atoms with van der Waals surface area (Å²) < 4.78 is 14.4. The van der Waals surface area contributed by atoms with Crippen molar-refractivity contribution in [1.29, 1.82) is 0 Å². The molecule has 0 spiro atoms. The number of carbonyl (C=O) groups excluding carboxylic acids is 1. The minimum atomic E-state index is -0.299. The lowest BCUT2D eigenvalue weighted by Crippen LogP contribution is -2.24. The maximum atomic E-state index is 13.5. The van der Waals surface area contributed by atoms with Crippen molar-refractivity contribution in [2.75, 3.05) is 0 Å². The molecule has 0 fully saturated rings. The molecule has 5 heteroatoms. The number of nitrogens with one attached hydrogen (secondary N) is 2. The molecule has 1 amide bonds. The van der Waals surface area contributed by atoms with Gasteiger partial charge in [-0.1, -0.05) is 28.1 Å². The summed E-state index contributed by atoms with van der Waals surface area (Å²) in [6.45, 7) is 2.36. The summed E-state index contributed by atoms with van der Waals surface area (Å²) in [6, 6.07) is 12.4. The van der Waals surface area contributed by atoms with Crippen LogP contribution in [0, 0.1) is 12.7 Å². The van der Waals surface area contributed by atoms with Crippen LogP contribution in [-0.4, -0.2) is 10.9 Å². The minimum absolute atomic E-state index is 0.0850. The maximum Gasteiger partial charge on any atom is 0.224 e. The molecule has 0 atom stereocenters. The van der Waals surface area contributed by atoms with Gasteiger partial charge in [0.2, 0.25) is 5.91 Å². The number of carbonyl (C=O) groups is 1. The molecular formula is C18H16BrFN2O. The Bertz CT molecular complexity index is 873. The first-order valence-corrected chi connectivity index (χ1v) is 8.10. The van der Waals surface area contributed by atoms with Gasteiger partial charge in [0.05, 0.1) is 6.42 Å². The first kappa shape index (κ1) is 15.7. The number of aromatic nitrogens is 1. The van der Waals surface area contributed by atoms with Gasteiger partial charge in [-0.25, -0.2) is 4.39 Å². The Kier molecular flexibility index (Phi) is 4.48. The van der Waals surface area contributed by atoms with Crippen LogP contribution < -0.4 is 5.32 Å². The lowest BCUT2D eigenvalue weighted by atomic mass is 10.1. The van der Waals surface area contributed by atoms with E-state index in [2.05, 4.69) is 26.2 Å². The average Bonchev–Trinajstić information content (AvgIpc) is 2.81. The summed E-state index contributed by atoms with van der Waals surface area (Å²) in [7, 11) is 0. The van der Waals surface area contributed by atoms with Gasteiger partial charge in [-0.2, -0.15) is 0 Å². The number of hydrogen-bond acceptors (Lipinski definition) is 1. The molecular weight excluding hydrogens is 359 g/mol. The molecule has 0 aliphatic carbocycles.